The minimum atomic E-state index is -0.356. The van der Waals surface area contributed by atoms with Crippen molar-refractivity contribution in [2.24, 2.45) is 11.3 Å². The fourth-order valence-corrected chi connectivity index (χ4v) is 6.94. The summed E-state index contributed by atoms with van der Waals surface area (Å²) in [7, 11) is 0. The summed E-state index contributed by atoms with van der Waals surface area (Å²) < 4.78 is 5.37. The highest BCUT2D eigenvalue weighted by Crippen LogP contribution is 2.44. The molecule has 1 amide bonds. The first-order valence-electron chi connectivity index (χ1n) is 13.1. The lowest BCUT2D eigenvalue weighted by molar-refractivity contribution is -0.113. The number of nitrogens with one attached hydrogen (secondary N) is 3. The van der Waals surface area contributed by atoms with Crippen LogP contribution >= 0.6 is 35.3 Å². The van der Waals surface area contributed by atoms with Gasteiger partial charge in [0.2, 0.25) is 5.91 Å². The fraction of sp³-hybridized carbons (Fsp3) is 0.367. The Labute approximate surface area is 244 Å². The first-order chi connectivity index (χ1) is 18.6. The fourth-order valence-electron chi connectivity index (χ4n) is 4.62. The molecule has 0 saturated heterocycles. The van der Waals surface area contributed by atoms with Gasteiger partial charge < -0.3 is 20.7 Å². The minimum Gasteiger partial charge on any atom is -0.462 e. The molecule has 2 aromatic carbocycles. The minimum absolute atomic E-state index is 0.156. The van der Waals surface area contributed by atoms with Crippen LogP contribution in [0.3, 0.4) is 0 Å². The van der Waals surface area contributed by atoms with Crippen LogP contribution in [0.25, 0.3) is 0 Å². The molecule has 4 rings (SSSR count). The second kappa shape index (κ2) is 13.0. The molecule has 1 unspecified atom stereocenters. The highest BCUT2D eigenvalue weighted by molar-refractivity contribution is 8.00. The van der Waals surface area contributed by atoms with Crippen molar-refractivity contribution >= 4 is 68.7 Å². The lowest BCUT2D eigenvalue weighted by atomic mass is 9.72. The summed E-state index contributed by atoms with van der Waals surface area (Å²) in [4.78, 5) is 28.0. The van der Waals surface area contributed by atoms with Gasteiger partial charge >= 0.3 is 5.97 Å². The van der Waals surface area contributed by atoms with E-state index in [1.165, 1.54) is 28.0 Å². The normalized spacial score (nSPS) is 14.7. The Hall–Kier alpha value is -2.88. The third-order valence-electron chi connectivity index (χ3n) is 6.72. The van der Waals surface area contributed by atoms with Crippen LogP contribution in [0.2, 0.25) is 0 Å². The summed E-state index contributed by atoms with van der Waals surface area (Å²) in [6.07, 6.45) is 2.77. The van der Waals surface area contributed by atoms with Gasteiger partial charge in [0.1, 0.15) is 5.00 Å². The molecule has 1 atom stereocenters. The van der Waals surface area contributed by atoms with Gasteiger partial charge in [-0.2, -0.15) is 0 Å². The summed E-state index contributed by atoms with van der Waals surface area (Å²) in [5.74, 6) is 0.239. The van der Waals surface area contributed by atoms with Crippen molar-refractivity contribution in [2.75, 3.05) is 28.3 Å². The molecule has 1 aromatic heterocycles. The largest absolute Gasteiger partial charge is 0.462 e. The van der Waals surface area contributed by atoms with Crippen LogP contribution in [0.15, 0.2) is 59.5 Å². The smallest absolute Gasteiger partial charge is 0.341 e. The molecule has 6 nitrogen and oxygen atoms in total. The van der Waals surface area contributed by atoms with Crippen molar-refractivity contribution in [1.82, 2.24) is 0 Å². The Morgan fingerprint density at radius 1 is 1.05 bits per heavy atom. The van der Waals surface area contributed by atoms with Crippen LogP contribution in [0, 0.1) is 11.3 Å². The Balaban J connectivity index is 1.40. The summed E-state index contributed by atoms with van der Waals surface area (Å²) in [5, 5.41) is 10.5. The van der Waals surface area contributed by atoms with Gasteiger partial charge in [-0.1, -0.05) is 45.0 Å². The number of hydrogen-bond acceptors (Lipinski definition) is 6. The van der Waals surface area contributed by atoms with Gasteiger partial charge in [-0.25, -0.2) is 4.79 Å². The number of ether oxygens (including phenoxy) is 1. The van der Waals surface area contributed by atoms with Crippen molar-refractivity contribution in [3.8, 4) is 0 Å². The van der Waals surface area contributed by atoms with E-state index in [1.54, 1.807) is 6.92 Å². The number of benzene rings is 2. The van der Waals surface area contributed by atoms with E-state index in [-0.39, 0.29) is 23.0 Å². The lowest BCUT2D eigenvalue weighted by Gasteiger charge is -2.33. The average Bonchev–Trinajstić information content (AvgIpc) is 3.25. The van der Waals surface area contributed by atoms with Crippen LogP contribution < -0.4 is 16.0 Å². The molecule has 1 aliphatic rings. The third-order valence-corrected chi connectivity index (χ3v) is 9.08. The van der Waals surface area contributed by atoms with E-state index in [1.807, 2.05) is 54.6 Å². The molecule has 0 saturated carbocycles. The Kier molecular flexibility index (Phi) is 9.69. The molecule has 0 bridgehead atoms. The standard InChI is InChI=1S/C30H35N3O3S3/c1-5-36-28(35)26-23-15-14-19(30(2,3)4)16-24(23)39-27(26)33-25(34)18-38-22-13-9-12-21(17-22)32-29(37)31-20-10-7-6-8-11-20/h6-13,17,19H,5,14-16,18H2,1-4H3,(H,33,34)(H2,31,32,37). The van der Waals surface area contributed by atoms with E-state index in [0.717, 1.165) is 41.1 Å². The van der Waals surface area contributed by atoms with Crippen molar-refractivity contribution in [3.63, 3.8) is 0 Å². The van der Waals surface area contributed by atoms with Crippen LogP contribution in [0.4, 0.5) is 16.4 Å². The Bertz CT molecular complexity index is 1330. The highest BCUT2D eigenvalue weighted by atomic mass is 32.2. The monoisotopic (exact) mass is 581 g/mol. The van der Waals surface area contributed by atoms with Gasteiger partial charge in [-0.3, -0.25) is 4.79 Å². The maximum Gasteiger partial charge on any atom is 0.341 e. The number of esters is 1. The molecular weight excluding hydrogens is 547 g/mol. The van der Waals surface area contributed by atoms with E-state index in [4.69, 9.17) is 17.0 Å². The number of thiophene rings is 1. The SMILES string of the molecule is CCOC(=O)c1c(NC(=O)CSc2cccc(NC(=S)Nc3ccccc3)c2)sc2c1CCC(C(C)(C)C)C2. The average molecular weight is 582 g/mol. The predicted molar refractivity (Wildman–Crippen MR) is 167 cm³/mol. The number of amides is 1. The molecule has 1 heterocycles. The van der Waals surface area contributed by atoms with Gasteiger partial charge in [0.25, 0.3) is 0 Å². The second-order valence-electron chi connectivity index (χ2n) is 10.5. The highest BCUT2D eigenvalue weighted by Gasteiger charge is 2.34. The molecule has 3 aromatic rings. The summed E-state index contributed by atoms with van der Waals surface area (Å²) in [5.41, 5.74) is 3.51. The first kappa shape index (κ1) is 29.1. The molecule has 39 heavy (non-hydrogen) atoms. The molecule has 1 aliphatic carbocycles. The molecule has 0 aliphatic heterocycles. The number of thiocarbonyl (C=S) groups is 1. The molecule has 0 radical (unpaired) electrons. The zero-order valence-electron chi connectivity index (χ0n) is 22.8. The number of rotatable bonds is 8. The number of fused-ring (bicyclic) bond motifs is 1. The van der Waals surface area contributed by atoms with Gasteiger partial charge in [-0.05, 0) is 85.6 Å². The molecular formula is C30H35N3O3S3. The maximum atomic E-state index is 13.0. The van der Waals surface area contributed by atoms with Gasteiger partial charge in [0, 0.05) is 21.1 Å². The number of anilines is 3. The van der Waals surface area contributed by atoms with Gasteiger partial charge in [0.15, 0.2) is 5.11 Å². The van der Waals surface area contributed by atoms with Crippen molar-refractivity contribution in [1.29, 1.82) is 0 Å². The Morgan fingerprint density at radius 3 is 2.49 bits per heavy atom. The molecule has 9 heteroatoms. The Morgan fingerprint density at radius 2 is 1.77 bits per heavy atom. The lowest BCUT2D eigenvalue weighted by Crippen LogP contribution is -2.26. The number of thioether (sulfide) groups is 1. The van der Waals surface area contributed by atoms with Crippen LogP contribution in [0.5, 0.6) is 0 Å². The summed E-state index contributed by atoms with van der Waals surface area (Å²) in [6, 6.07) is 17.5. The number of para-hydroxylation sites is 1. The zero-order valence-corrected chi connectivity index (χ0v) is 25.2. The second-order valence-corrected chi connectivity index (χ2v) is 13.1. The van der Waals surface area contributed by atoms with E-state index in [9.17, 15) is 9.59 Å². The number of carbonyl (C=O) groups excluding carboxylic acids is 2. The maximum absolute atomic E-state index is 13.0. The summed E-state index contributed by atoms with van der Waals surface area (Å²) >= 11 is 8.38. The van der Waals surface area contributed by atoms with E-state index >= 15 is 0 Å². The van der Waals surface area contributed by atoms with E-state index in [2.05, 4.69) is 36.7 Å². The van der Waals surface area contributed by atoms with Crippen LogP contribution in [-0.4, -0.2) is 29.3 Å². The van der Waals surface area contributed by atoms with Crippen molar-refractivity contribution < 1.29 is 14.3 Å². The zero-order chi connectivity index (χ0) is 28.0. The predicted octanol–water partition coefficient (Wildman–Crippen LogP) is 7.62. The topological polar surface area (TPSA) is 79.5 Å². The summed E-state index contributed by atoms with van der Waals surface area (Å²) in [6.45, 7) is 8.89. The van der Waals surface area contributed by atoms with Crippen LogP contribution in [0.1, 0.15) is 54.9 Å². The molecule has 206 valence electrons. The third kappa shape index (κ3) is 7.84. The van der Waals surface area contributed by atoms with Gasteiger partial charge in [-0.15, -0.1) is 23.1 Å². The van der Waals surface area contributed by atoms with E-state index in [0.29, 0.717) is 28.2 Å². The van der Waals surface area contributed by atoms with Crippen LogP contribution in [-0.2, 0) is 22.4 Å². The van der Waals surface area contributed by atoms with E-state index < -0.39 is 0 Å². The van der Waals surface area contributed by atoms with Crippen molar-refractivity contribution in [3.05, 3.63) is 70.6 Å². The number of hydrogen-bond donors (Lipinski definition) is 3. The van der Waals surface area contributed by atoms with Gasteiger partial charge in [0.05, 0.1) is 17.9 Å². The molecule has 0 fully saturated rings. The number of carbonyl (C=O) groups is 2. The quantitative estimate of drug-likeness (QED) is 0.143. The first-order valence-corrected chi connectivity index (χ1v) is 15.3. The molecule has 3 N–H and O–H groups in total. The van der Waals surface area contributed by atoms with Crippen molar-refractivity contribution in [2.45, 2.75) is 51.9 Å². The molecule has 0 spiro atoms.